The van der Waals surface area contributed by atoms with Gasteiger partial charge in [0.05, 0.1) is 57.9 Å². The van der Waals surface area contributed by atoms with Crippen molar-refractivity contribution >= 4 is 39.2 Å². The molecule has 8 atom stereocenters. The van der Waals surface area contributed by atoms with Crippen LogP contribution in [0.25, 0.3) is 6.08 Å². The van der Waals surface area contributed by atoms with Gasteiger partial charge in [0.2, 0.25) is 10.0 Å². The van der Waals surface area contributed by atoms with Gasteiger partial charge in [-0.15, -0.1) is 11.3 Å². The summed E-state index contributed by atoms with van der Waals surface area (Å²) in [5, 5.41) is 24.6. The molecule has 1 aromatic heterocycles. The van der Waals surface area contributed by atoms with E-state index < -0.39 is 51.7 Å². The van der Waals surface area contributed by atoms with Crippen LogP contribution in [-0.4, -0.2) is 65.9 Å². The number of rotatable bonds is 8. The Morgan fingerprint density at radius 1 is 1.04 bits per heavy atom. The number of hydrogen-bond donors (Lipinski definition) is 3. The maximum atomic E-state index is 13.4. The number of ketones is 1. The summed E-state index contributed by atoms with van der Waals surface area (Å²) >= 11 is 1.41. The first kappa shape index (κ1) is 39.0. The summed E-state index contributed by atoms with van der Waals surface area (Å²) in [5.41, 5.74) is 0.931. The molecule has 0 radical (unpaired) electrons. The van der Waals surface area contributed by atoms with Crippen LogP contribution in [0.3, 0.4) is 0 Å². The third-order valence-corrected chi connectivity index (χ3v) is 12.7. The fourth-order valence-electron chi connectivity index (χ4n) is 6.76. The SMILES string of the molecule is C/C(=C\c1csc(CC(NS(=O)(=O)c2ccccc2)c2ccccc2)n1)[C@@H]1C[C@@H]2O[C@@H]2CCC[C@H](C)C(O)[C@@H](C)C(=O)C(C)(C)[C@@H](O)CC(=O)O1. The van der Waals surface area contributed by atoms with Crippen LogP contribution >= 0.6 is 11.3 Å². The van der Waals surface area contributed by atoms with E-state index >= 15 is 0 Å². The highest BCUT2D eigenvalue weighted by molar-refractivity contribution is 7.89. The van der Waals surface area contributed by atoms with Gasteiger partial charge in [-0.3, -0.25) is 9.59 Å². The molecule has 0 spiro atoms. The lowest BCUT2D eigenvalue weighted by molar-refractivity contribution is -0.154. The number of fused-ring (bicyclic) bond motifs is 1. The summed E-state index contributed by atoms with van der Waals surface area (Å²) < 4.78 is 41.3. The van der Waals surface area contributed by atoms with E-state index in [1.807, 2.05) is 55.6 Å². The van der Waals surface area contributed by atoms with Crippen molar-refractivity contribution in [3.8, 4) is 0 Å². The number of sulfonamides is 1. The van der Waals surface area contributed by atoms with Gasteiger partial charge in [-0.05, 0) is 55.0 Å². The number of esters is 1. The zero-order valence-corrected chi connectivity index (χ0v) is 31.5. The van der Waals surface area contributed by atoms with Gasteiger partial charge in [0, 0.05) is 24.1 Å². The fourth-order valence-corrected chi connectivity index (χ4v) is 8.81. The number of hydrogen-bond acceptors (Lipinski definition) is 10. The minimum Gasteiger partial charge on any atom is -0.458 e. The monoisotopic (exact) mass is 738 g/mol. The van der Waals surface area contributed by atoms with Crippen molar-refractivity contribution in [1.29, 1.82) is 0 Å². The number of nitrogens with one attached hydrogen (secondary N) is 1. The van der Waals surface area contributed by atoms with Crippen LogP contribution in [0.5, 0.6) is 0 Å². The molecule has 0 saturated carbocycles. The molecule has 276 valence electrons. The molecule has 2 unspecified atom stereocenters. The average Bonchev–Trinajstić information content (AvgIpc) is 3.70. The molecule has 2 saturated heterocycles. The Kier molecular flexibility index (Phi) is 12.7. The lowest BCUT2D eigenvalue weighted by atomic mass is 9.73. The predicted octanol–water partition coefficient (Wildman–Crippen LogP) is 6.04. The topological polar surface area (TPSA) is 155 Å². The molecule has 2 aliphatic rings. The highest BCUT2D eigenvalue weighted by Crippen LogP contribution is 2.37. The number of Topliss-reactive ketones (excluding diaryl/α,β-unsaturated/α-hetero) is 1. The standard InChI is InChI=1S/C39H50N2O8S2/c1-24-13-12-18-31-33(48-31)21-32(49-36(43)22-34(42)39(4,5)38(45)26(3)37(24)44)25(2)19-28-23-50-35(40-28)20-30(27-14-8-6-9-15-27)41-51(46,47)29-16-10-7-11-17-29/h6-11,14-17,19,23-24,26,30-34,37,41-42,44H,12-13,18,20-22H2,1-5H3/b25-19+/t24-,26+,30?,31+,32-,33-,34-,37?/m0/s1. The minimum absolute atomic E-state index is 0.0142. The first-order valence-electron chi connectivity index (χ1n) is 17.7. The van der Waals surface area contributed by atoms with Gasteiger partial charge < -0.3 is 19.7 Å². The lowest BCUT2D eigenvalue weighted by Gasteiger charge is -2.34. The fraction of sp³-hybridized carbons (Fsp3) is 0.513. The van der Waals surface area contributed by atoms with Crippen LogP contribution in [-0.2, 0) is 35.5 Å². The van der Waals surface area contributed by atoms with Gasteiger partial charge >= 0.3 is 5.97 Å². The van der Waals surface area contributed by atoms with Crippen molar-refractivity contribution in [1.82, 2.24) is 9.71 Å². The molecule has 12 heteroatoms. The van der Waals surface area contributed by atoms with Crippen molar-refractivity contribution < 1.29 is 37.7 Å². The number of carbonyl (C=O) groups is 2. The second kappa shape index (κ2) is 16.6. The zero-order valence-electron chi connectivity index (χ0n) is 29.9. The van der Waals surface area contributed by atoms with Gasteiger partial charge in [-0.2, -0.15) is 0 Å². The molecule has 51 heavy (non-hydrogen) atoms. The van der Waals surface area contributed by atoms with E-state index in [4.69, 9.17) is 14.5 Å². The van der Waals surface area contributed by atoms with Gasteiger partial charge in [0.25, 0.3) is 0 Å². The van der Waals surface area contributed by atoms with Gasteiger partial charge in [0.1, 0.15) is 11.9 Å². The second-order valence-corrected chi connectivity index (χ2v) is 17.2. The number of benzene rings is 2. The smallest absolute Gasteiger partial charge is 0.309 e. The van der Waals surface area contributed by atoms with Crippen LogP contribution in [0, 0.1) is 17.3 Å². The average molecular weight is 739 g/mol. The number of aliphatic hydroxyl groups is 2. The second-order valence-electron chi connectivity index (χ2n) is 14.6. The molecule has 2 aliphatic heterocycles. The summed E-state index contributed by atoms with van der Waals surface area (Å²) in [6, 6.07) is 17.1. The molecule has 0 amide bonds. The van der Waals surface area contributed by atoms with Crippen LogP contribution in [0.1, 0.15) is 89.0 Å². The van der Waals surface area contributed by atoms with Crippen LogP contribution in [0.15, 0.2) is 76.5 Å². The van der Waals surface area contributed by atoms with Crippen LogP contribution < -0.4 is 4.72 Å². The summed E-state index contributed by atoms with van der Waals surface area (Å²) in [6.45, 7) is 8.68. The molecule has 3 heterocycles. The molecule has 5 rings (SSSR count). The zero-order chi connectivity index (χ0) is 36.9. The highest BCUT2D eigenvalue weighted by Gasteiger charge is 2.44. The Morgan fingerprint density at radius 2 is 1.71 bits per heavy atom. The molecular formula is C39H50N2O8S2. The summed E-state index contributed by atoms with van der Waals surface area (Å²) in [4.78, 5) is 31.7. The van der Waals surface area contributed by atoms with E-state index in [1.54, 1.807) is 51.1 Å². The highest BCUT2D eigenvalue weighted by atomic mass is 32.2. The molecule has 10 nitrogen and oxygen atoms in total. The Labute approximate surface area is 305 Å². The molecule has 0 aliphatic carbocycles. The minimum atomic E-state index is -3.80. The Hall–Kier alpha value is -3.26. The van der Waals surface area contributed by atoms with Crippen molar-refractivity contribution in [3.05, 3.63) is 87.9 Å². The van der Waals surface area contributed by atoms with Crippen molar-refractivity contribution in [2.45, 2.75) is 115 Å². The summed E-state index contributed by atoms with van der Waals surface area (Å²) in [7, 11) is -3.80. The Morgan fingerprint density at radius 3 is 2.39 bits per heavy atom. The molecule has 2 fully saturated rings. The van der Waals surface area contributed by atoms with Crippen molar-refractivity contribution in [2.75, 3.05) is 0 Å². The lowest BCUT2D eigenvalue weighted by Crippen LogP contribution is -2.45. The summed E-state index contributed by atoms with van der Waals surface area (Å²) in [6.07, 6.45) is 1.69. The van der Waals surface area contributed by atoms with E-state index in [9.17, 15) is 28.2 Å². The van der Waals surface area contributed by atoms with E-state index in [-0.39, 0.29) is 35.2 Å². The van der Waals surface area contributed by atoms with Gasteiger partial charge in [-0.25, -0.2) is 18.1 Å². The number of carbonyl (C=O) groups excluding carboxylic acids is 2. The molecule has 0 bridgehead atoms. The first-order chi connectivity index (χ1) is 24.2. The quantitative estimate of drug-likeness (QED) is 0.185. The van der Waals surface area contributed by atoms with Crippen molar-refractivity contribution in [2.24, 2.45) is 17.3 Å². The maximum Gasteiger partial charge on any atom is 0.309 e. The maximum absolute atomic E-state index is 13.4. The van der Waals surface area contributed by atoms with Crippen LogP contribution in [0.2, 0.25) is 0 Å². The molecule has 3 N–H and O–H groups in total. The van der Waals surface area contributed by atoms with Crippen LogP contribution in [0.4, 0.5) is 0 Å². The number of ether oxygens (including phenoxy) is 2. The van der Waals surface area contributed by atoms with E-state index in [0.717, 1.165) is 35.4 Å². The Balaban J connectivity index is 1.33. The number of thiazole rings is 1. The van der Waals surface area contributed by atoms with E-state index in [0.29, 0.717) is 18.5 Å². The number of aliphatic hydroxyl groups excluding tert-OH is 2. The number of cyclic esters (lactones) is 1. The number of nitrogens with zero attached hydrogens (tertiary/aromatic N) is 1. The third kappa shape index (κ3) is 10.00. The number of epoxide rings is 1. The molecule has 3 aromatic rings. The first-order valence-corrected chi connectivity index (χ1v) is 20.0. The summed E-state index contributed by atoms with van der Waals surface area (Å²) in [5.74, 6) is -1.75. The Bertz CT molecular complexity index is 1780. The largest absolute Gasteiger partial charge is 0.458 e. The molecular weight excluding hydrogens is 689 g/mol. The van der Waals surface area contributed by atoms with Gasteiger partial charge in [0.15, 0.2) is 0 Å². The van der Waals surface area contributed by atoms with Gasteiger partial charge in [-0.1, -0.05) is 82.6 Å². The van der Waals surface area contributed by atoms with Crippen molar-refractivity contribution in [3.63, 3.8) is 0 Å². The number of aromatic nitrogens is 1. The third-order valence-electron chi connectivity index (χ3n) is 10.3. The van der Waals surface area contributed by atoms with E-state index in [1.165, 1.54) is 11.3 Å². The normalized spacial score (nSPS) is 28.8. The molecule has 2 aromatic carbocycles. The van der Waals surface area contributed by atoms with E-state index in [2.05, 4.69) is 4.72 Å². The predicted molar refractivity (Wildman–Crippen MR) is 196 cm³/mol.